The van der Waals surface area contributed by atoms with Gasteiger partial charge in [-0.05, 0) is 24.4 Å². The molecule has 0 amide bonds. The summed E-state index contributed by atoms with van der Waals surface area (Å²) < 4.78 is 5.72. The molecule has 0 spiro atoms. The minimum absolute atomic E-state index is 0.0206. The molecule has 0 fully saturated rings. The summed E-state index contributed by atoms with van der Waals surface area (Å²) in [7, 11) is -1.09. The Hall–Kier alpha value is -0.593. The fourth-order valence-electron chi connectivity index (χ4n) is 0.837. The lowest BCUT2D eigenvalue weighted by Crippen LogP contribution is -2.31. The van der Waals surface area contributed by atoms with Crippen LogP contribution in [0, 0.1) is 17.3 Å². The summed E-state index contributed by atoms with van der Waals surface area (Å²) in [5.41, 5.74) is -0.0206. The summed E-state index contributed by atoms with van der Waals surface area (Å²) in [6.45, 7) is 10.4. The van der Waals surface area contributed by atoms with Crippen molar-refractivity contribution in [3.8, 4) is 11.8 Å². The minimum atomic E-state index is -1.09. The van der Waals surface area contributed by atoms with Gasteiger partial charge in [-0.1, -0.05) is 26.7 Å². The van der Waals surface area contributed by atoms with Gasteiger partial charge >= 0.3 is 0 Å². The average molecular weight is 198 g/mol. The molecule has 74 valence electrons. The third-order valence-corrected chi connectivity index (χ3v) is 2.28. The van der Waals surface area contributed by atoms with Crippen LogP contribution in [0.2, 0.25) is 13.1 Å². The maximum atomic E-state index is 10.1. The normalized spacial score (nSPS) is 13.4. The Bertz CT molecular complexity index is 217. The molecule has 0 bridgehead atoms. The number of hydrogen-bond donors (Lipinski definition) is 0. The Morgan fingerprint density at radius 3 is 2.23 bits per heavy atom. The maximum absolute atomic E-state index is 10.1. The molecule has 0 aromatic carbocycles. The van der Waals surface area contributed by atoms with E-state index >= 15 is 0 Å². The van der Waals surface area contributed by atoms with E-state index in [1.54, 1.807) is 0 Å². The van der Waals surface area contributed by atoms with Gasteiger partial charge in [0.05, 0.1) is 0 Å². The van der Waals surface area contributed by atoms with E-state index in [0.29, 0.717) is 6.29 Å². The van der Waals surface area contributed by atoms with Crippen LogP contribution in [0.4, 0.5) is 0 Å². The van der Waals surface area contributed by atoms with E-state index in [0.717, 1.165) is 0 Å². The van der Waals surface area contributed by atoms with Crippen molar-refractivity contribution in [2.24, 2.45) is 5.41 Å². The third kappa shape index (κ3) is 5.62. The number of aldehydes is 1. The molecule has 13 heavy (non-hydrogen) atoms. The molecule has 0 rings (SSSR count). The van der Waals surface area contributed by atoms with Crippen LogP contribution in [0.3, 0.4) is 0 Å². The predicted molar refractivity (Wildman–Crippen MR) is 57.0 cm³/mol. The average Bonchev–Trinajstić information content (AvgIpc) is 1.95. The van der Waals surface area contributed by atoms with Gasteiger partial charge in [0, 0.05) is 0 Å². The Morgan fingerprint density at radius 2 is 1.92 bits per heavy atom. The summed E-state index contributed by atoms with van der Waals surface area (Å²) in [5.74, 6) is 5.26. The highest BCUT2D eigenvalue weighted by atomic mass is 28.3. The molecular formula is C10H18O2Si. The summed E-state index contributed by atoms with van der Waals surface area (Å²) in [5, 5.41) is 0. The highest BCUT2D eigenvalue weighted by Gasteiger charge is 2.24. The molecule has 1 atom stereocenters. The fourth-order valence-corrected chi connectivity index (χ4v) is 1.86. The van der Waals surface area contributed by atoms with Gasteiger partial charge in [-0.3, -0.25) is 4.79 Å². The van der Waals surface area contributed by atoms with E-state index in [9.17, 15) is 4.79 Å². The lowest BCUT2D eigenvalue weighted by atomic mass is 9.90. The van der Waals surface area contributed by atoms with Crippen molar-refractivity contribution in [1.29, 1.82) is 0 Å². The summed E-state index contributed by atoms with van der Waals surface area (Å²) >= 11 is 0. The van der Waals surface area contributed by atoms with E-state index in [1.807, 2.05) is 0 Å². The molecule has 0 aromatic heterocycles. The van der Waals surface area contributed by atoms with E-state index in [1.165, 1.54) is 0 Å². The van der Waals surface area contributed by atoms with E-state index in [4.69, 9.17) is 4.43 Å². The van der Waals surface area contributed by atoms with Crippen LogP contribution in [0.1, 0.15) is 20.8 Å². The van der Waals surface area contributed by atoms with Gasteiger partial charge in [0.1, 0.15) is 6.10 Å². The van der Waals surface area contributed by atoms with Crippen molar-refractivity contribution < 1.29 is 9.22 Å². The first-order valence-corrected chi connectivity index (χ1v) is 7.26. The molecule has 0 radical (unpaired) electrons. The molecule has 0 aromatic rings. The summed E-state index contributed by atoms with van der Waals surface area (Å²) in [6, 6.07) is 0. The second kappa shape index (κ2) is 5.20. The number of rotatable bonds is 2. The van der Waals surface area contributed by atoms with Crippen LogP contribution in [0.15, 0.2) is 0 Å². The van der Waals surface area contributed by atoms with Crippen molar-refractivity contribution >= 4 is 15.3 Å². The highest BCUT2D eigenvalue weighted by Crippen LogP contribution is 2.22. The lowest BCUT2D eigenvalue weighted by Gasteiger charge is -2.28. The Balaban J connectivity index is 4.46. The molecule has 2 nitrogen and oxygen atoms in total. The molecule has 0 aliphatic rings. The monoisotopic (exact) mass is 198 g/mol. The molecule has 0 saturated carbocycles. The molecular weight excluding hydrogens is 180 g/mol. The van der Waals surface area contributed by atoms with E-state index in [-0.39, 0.29) is 11.5 Å². The highest BCUT2D eigenvalue weighted by molar-refractivity contribution is 6.48. The zero-order chi connectivity index (χ0) is 10.5. The molecule has 0 aliphatic heterocycles. The SMILES string of the molecule is C[SiH](C)OC(C#CC=O)C(C)(C)C. The van der Waals surface area contributed by atoms with Crippen molar-refractivity contribution in [2.45, 2.75) is 40.0 Å². The second-order valence-corrected chi connectivity index (χ2v) is 6.71. The first-order chi connectivity index (χ1) is 5.88. The maximum Gasteiger partial charge on any atom is 0.192 e. The molecule has 0 heterocycles. The number of carbonyl (C=O) groups excluding carboxylic acids is 1. The Labute approximate surface area is 82.4 Å². The molecule has 0 N–H and O–H groups in total. The van der Waals surface area contributed by atoms with Crippen molar-refractivity contribution in [3.05, 3.63) is 0 Å². The number of carbonyl (C=O) groups is 1. The van der Waals surface area contributed by atoms with Crippen LogP contribution in [-0.2, 0) is 9.22 Å². The third-order valence-electron chi connectivity index (χ3n) is 1.47. The molecule has 0 saturated heterocycles. The van der Waals surface area contributed by atoms with Crippen molar-refractivity contribution in [2.75, 3.05) is 0 Å². The molecule has 0 aliphatic carbocycles. The van der Waals surface area contributed by atoms with Gasteiger partial charge in [0.2, 0.25) is 0 Å². The second-order valence-electron chi connectivity index (χ2n) is 4.34. The summed E-state index contributed by atoms with van der Waals surface area (Å²) in [6.07, 6.45) is 0.494. The van der Waals surface area contributed by atoms with Crippen LogP contribution < -0.4 is 0 Å². The fraction of sp³-hybridized carbons (Fsp3) is 0.700. The minimum Gasteiger partial charge on any atom is -0.406 e. The van der Waals surface area contributed by atoms with E-state index < -0.39 is 9.04 Å². The van der Waals surface area contributed by atoms with Crippen molar-refractivity contribution in [3.63, 3.8) is 0 Å². The van der Waals surface area contributed by atoms with Crippen LogP contribution in [-0.4, -0.2) is 21.4 Å². The van der Waals surface area contributed by atoms with Crippen LogP contribution in [0.5, 0.6) is 0 Å². The van der Waals surface area contributed by atoms with Gasteiger partial charge in [-0.25, -0.2) is 0 Å². The topological polar surface area (TPSA) is 26.3 Å². The van der Waals surface area contributed by atoms with Gasteiger partial charge in [0.25, 0.3) is 0 Å². The van der Waals surface area contributed by atoms with E-state index in [2.05, 4.69) is 45.7 Å². The standard InChI is InChI=1S/C10H18O2Si/c1-10(2,3)9(7-6-8-11)12-13(4)5/h8-9,13H,1-5H3. The molecule has 3 heteroatoms. The quantitative estimate of drug-likeness (QED) is 0.383. The zero-order valence-electron chi connectivity index (χ0n) is 9.05. The number of hydrogen-bond acceptors (Lipinski definition) is 2. The van der Waals surface area contributed by atoms with Gasteiger partial charge in [-0.15, -0.1) is 0 Å². The predicted octanol–water partition coefficient (Wildman–Crippen LogP) is 1.60. The largest absolute Gasteiger partial charge is 0.406 e. The smallest absolute Gasteiger partial charge is 0.192 e. The van der Waals surface area contributed by atoms with Crippen LogP contribution in [0.25, 0.3) is 0 Å². The van der Waals surface area contributed by atoms with Gasteiger partial charge in [-0.2, -0.15) is 0 Å². The Kier molecular flexibility index (Phi) is 4.97. The van der Waals surface area contributed by atoms with Crippen LogP contribution >= 0.6 is 0 Å². The first-order valence-electron chi connectivity index (χ1n) is 4.48. The zero-order valence-corrected chi connectivity index (χ0v) is 10.2. The first kappa shape index (κ1) is 12.4. The summed E-state index contributed by atoms with van der Waals surface area (Å²) in [4.78, 5) is 10.1. The lowest BCUT2D eigenvalue weighted by molar-refractivity contribution is -0.103. The Morgan fingerprint density at radius 1 is 1.38 bits per heavy atom. The molecule has 1 unspecified atom stereocenters. The van der Waals surface area contributed by atoms with Crippen molar-refractivity contribution in [1.82, 2.24) is 0 Å². The van der Waals surface area contributed by atoms with Gasteiger partial charge < -0.3 is 4.43 Å². The van der Waals surface area contributed by atoms with Gasteiger partial charge in [0.15, 0.2) is 15.3 Å².